The minimum absolute atomic E-state index is 0.0276. The highest BCUT2D eigenvalue weighted by Crippen LogP contribution is 2.60. The van der Waals surface area contributed by atoms with Crippen LogP contribution >= 0.6 is 0 Å². The van der Waals surface area contributed by atoms with Gasteiger partial charge in [-0.25, -0.2) is 4.79 Å². The fourth-order valence-electron chi connectivity index (χ4n) is 6.79. The molecule has 5 nitrogen and oxygen atoms in total. The highest BCUT2D eigenvalue weighted by molar-refractivity contribution is 5.81. The van der Waals surface area contributed by atoms with Gasteiger partial charge in [-0.3, -0.25) is 4.79 Å². The van der Waals surface area contributed by atoms with Crippen molar-refractivity contribution in [3.8, 4) is 0 Å². The number of hydrogen-bond acceptors (Lipinski definition) is 3. The molecule has 2 amide bonds. The Balaban J connectivity index is 1.00. The smallest absolute Gasteiger partial charge is 0.407 e. The molecule has 8 heteroatoms. The number of benzene rings is 1. The zero-order chi connectivity index (χ0) is 23.1. The van der Waals surface area contributed by atoms with Gasteiger partial charge in [0, 0.05) is 19.0 Å². The molecule has 0 unspecified atom stereocenters. The first-order valence-electron chi connectivity index (χ1n) is 12.0. The van der Waals surface area contributed by atoms with Crippen LogP contribution in [0.5, 0.6) is 0 Å². The number of nitrogens with one attached hydrogen (secondary N) is 1. The van der Waals surface area contributed by atoms with Gasteiger partial charge >= 0.3 is 12.3 Å². The van der Waals surface area contributed by atoms with Crippen molar-refractivity contribution in [2.75, 3.05) is 19.7 Å². The largest absolute Gasteiger partial charge is 0.447 e. The molecule has 178 valence electrons. The topological polar surface area (TPSA) is 58.6 Å². The predicted octanol–water partition coefficient (Wildman–Crippen LogP) is 4.66. The van der Waals surface area contributed by atoms with Gasteiger partial charge in [-0.1, -0.05) is 24.3 Å². The first-order chi connectivity index (χ1) is 15.6. The first-order valence-corrected chi connectivity index (χ1v) is 12.0. The lowest BCUT2D eigenvalue weighted by Gasteiger charge is -2.53. The zero-order valence-corrected chi connectivity index (χ0v) is 18.5. The maximum Gasteiger partial charge on any atom is 0.407 e. The molecule has 3 saturated carbocycles. The number of alkyl halides is 3. The van der Waals surface area contributed by atoms with Crippen molar-refractivity contribution in [3.05, 3.63) is 35.4 Å². The van der Waals surface area contributed by atoms with E-state index < -0.39 is 11.6 Å². The van der Waals surface area contributed by atoms with E-state index in [2.05, 4.69) is 5.32 Å². The van der Waals surface area contributed by atoms with Crippen molar-refractivity contribution in [1.82, 2.24) is 10.2 Å². The minimum atomic E-state index is -4.17. The maximum atomic E-state index is 13.4. The number of cyclic esters (lactones) is 1. The van der Waals surface area contributed by atoms with Gasteiger partial charge in [0.25, 0.3) is 0 Å². The van der Waals surface area contributed by atoms with Crippen LogP contribution in [0, 0.1) is 11.3 Å². The highest BCUT2D eigenvalue weighted by atomic mass is 19.4. The summed E-state index contributed by atoms with van der Waals surface area (Å²) in [6.07, 6.45) is 1.24. The second-order valence-electron chi connectivity index (χ2n) is 11.2. The molecule has 0 atom stereocenters. The summed E-state index contributed by atoms with van der Waals surface area (Å²) in [6, 6.07) is 7.17. The van der Waals surface area contributed by atoms with E-state index in [1.165, 1.54) is 0 Å². The number of halogens is 3. The second kappa shape index (κ2) is 6.89. The molecule has 0 radical (unpaired) electrons. The molecule has 2 spiro atoms. The number of carbonyl (C=O) groups excluding carboxylic acids is 2. The van der Waals surface area contributed by atoms with Gasteiger partial charge in [0.1, 0.15) is 6.61 Å². The Morgan fingerprint density at radius 1 is 1.00 bits per heavy atom. The molecule has 0 aromatic heterocycles. The molecule has 1 N–H and O–H groups in total. The van der Waals surface area contributed by atoms with Gasteiger partial charge in [-0.2, -0.15) is 13.2 Å². The normalized spacial score (nSPS) is 27.6. The van der Waals surface area contributed by atoms with Crippen molar-refractivity contribution in [2.24, 2.45) is 11.3 Å². The zero-order valence-electron chi connectivity index (χ0n) is 18.5. The summed E-state index contributed by atoms with van der Waals surface area (Å²) in [7, 11) is 0. The number of hydrogen-bond donors (Lipinski definition) is 1. The van der Waals surface area contributed by atoms with E-state index in [9.17, 15) is 22.8 Å². The van der Waals surface area contributed by atoms with Gasteiger partial charge in [-0.15, -0.1) is 0 Å². The molecule has 2 saturated heterocycles. The third-order valence-corrected chi connectivity index (χ3v) is 9.19. The van der Waals surface area contributed by atoms with Crippen molar-refractivity contribution >= 4 is 12.0 Å². The van der Waals surface area contributed by atoms with Gasteiger partial charge in [0.05, 0.1) is 11.0 Å². The monoisotopic (exact) mass is 462 g/mol. The van der Waals surface area contributed by atoms with E-state index in [0.29, 0.717) is 30.9 Å². The average molecular weight is 463 g/mol. The quantitative estimate of drug-likeness (QED) is 0.711. The molecule has 1 aromatic rings. The summed E-state index contributed by atoms with van der Waals surface area (Å²) in [6.45, 7) is 1.90. The molecule has 2 heterocycles. The van der Waals surface area contributed by atoms with Crippen LogP contribution in [0.1, 0.15) is 68.4 Å². The number of amides is 2. The maximum absolute atomic E-state index is 13.4. The number of alkyl carbamates (subject to hydrolysis) is 1. The lowest BCUT2D eigenvalue weighted by molar-refractivity contribution is -0.160. The van der Waals surface area contributed by atoms with Crippen LogP contribution in [-0.4, -0.2) is 48.3 Å². The Labute approximate surface area is 191 Å². The Morgan fingerprint density at radius 2 is 1.64 bits per heavy atom. The minimum Gasteiger partial charge on any atom is -0.447 e. The molecule has 0 bridgehead atoms. The van der Waals surface area contributed by atoms with Gasteiger partial charge in [0.2, 0.25) is 5.91 Å². The van der Waals surface area contributed by atoms with Crippen molar-refractivity contribution in [2.45, 2.75) is 74.4 Å². The summed E-state index contributed by atoms with van der Waals surface area (Å²) < 4.78 is 45.1. The van der Waals surface area contributed by atoms with E-state index in [4.69, 9.17) is 4.74 Å². The molecule has 1 aromatic carbocycles. The molecule has 3 aliphatic carbocycles. The number of piperidine rings is 1. The Bertz CT molecular complexity index is 964. The van der Waals surface area contributed by atoms with Crippen LogP contribution in [0.4, 0.5) is 18.0 Å². The first kappa shape index (κ1) is 21.3. The van der Waals surface area contributed by atoms with Gasteiger partial charge in [-0.05, 0) is 73.8 Å². The predicted molar refractivity (Wildman–Crippen MR) is 114 cm³/mol. The summed E-state index contributed by atoms with van der Waals surface area (Å²) >= 11 is 0. The van der Waals surface area contributed by atoms with E-state index in [1.54, 1.807) is 12.1 Å². The standard InChI is InChI=1S/C25H29F3N2O3/c26-25(27,28)24(5-6-24)19-3-1-16(2-4-19)17-11-22(12-17)7-9-30(10-8-22)20(31)18-13-23(14-18)15-33-21(32)29-23/h1-4,17-18H,5-15H2,(H,29,32). The lowest BCUT2D eigenvalue weighted by Crippen LogP contribution is -2.59. The molecule has 2 aliphatic heterocycles. The van der Waals surface area contributed by atoms with Crippen LogP contribution < -0.4 is 5.32 Å². The molecule has 5 fully saturated rings. The van der Waals surface area contributed by atoms with E-state index in [1.807, 2.05) is 17.0 Å². The molecular weight excluding hydrogens is 433 g/mol. The summed E-state index contributed by atoms with van der Waals surface area (Å²) in [4.78, 5) is 26.2. The Morgan fingerprint density at radius 3 is 2.15 bits per heavy atom. The SMILES string of the molecule is O=C1NC2(CO1)CC(C(=O)N1CCC3(CC1)CC(c1ccc(C4(C(F)(F)F)CC4)cc1)C3)C2. The lowest BCUT2D eigenvalue weighted by atomic mass is 9.56. The summed E-state index contributed by atoms with van der Waals surface area (Å²) in [5.74, 6) is 0.571. The van der Waals surface area contributed by atoms with Crippen LogP contribution in [0.15, 0.2) is 24.3 Å². The number of nitrogens with zero attached hydrogens (tertiary/aromatic N) is 1. The van der Waals surface area contributed by atoms with Crippen molar-refractivity contribution in [1.29, 1.82) is 0 Å². The van der Waals surface area contributed by atoms with Gasteiger partial charge < -0.3 is 15.0 Å². The van der Waals surface area contributed by atoms with E-state index >= 15 is 0 Å². The summed E-state index contributed by atoms with van der Waals surface area (Å²) in [5, 5.41) is 2.84. The fraction of sp³-hybridized carbons (Fsp3) is 0.680. The highest BCUT2D eigenvalue weighted by Gasteiger charge is 2.64. The number of rotatable bonds is 3. The van der Waals surface area contributed by atoms with Gasteiger partial charge in [0.15, 0.2) is 0 Å². The van der Waals surface area contributed by atoms with Crippen LogP contribution in [0.2, 0.25) is 0 Å². The number of likely N-dealkylation sites (tertiary alicyclic amines) is 1. The van der Waals surface area contributed by atoms with Crippen molar-refractivity contribution in [3.63, 3.8) is 0 Å². The molecular formula is C25H29F3N2O3. The van der Waals surface area contributed by atoms with E-state index in [0.717, 1.165) is 44.3 Å². The average Bonchev–Trinajstić information content (AvgIpc) is 3.47. The Kier molecular flexibility index (Phi) is 4.44. The molecule has 33 heavy (non-hydrogen) atoms. The Hall–Kier alpha value is -2.25. The third-order valence-electron chi connectivity index (χ3n) is 9.19. The summed E-state index contributed by atoms with van der Waals surface area (Å²) in [5.41, 5.74) is -0.132. The van der Waals surface area contributed by atoms with Crippen LogP contribution in [-0.2, 0) is 14.9 Å². The molecule has 6 rings (SSSR count). The van der Waals surface area contributed by atoms with E-state index in [-0.39, 0.29) is 41.7 Å². The third kappa shape index (κ3) is 3.35. The van der Waals surface area contributed by atoms with Crippen LogP contribution in [0.3, 0.4) is 0 Å². The fourth-order valence-corrected chi connectivity index (χ4v) is 6.79. The number of ether oxygens (including phenoxy) is 1. The number of carbonyl (C=O) groups is 2. The second-order valence-corrected chi connectivity index (χ2v) is 11.2. The van der Waals surface area contributed by atoms with Crippen LogP contribution in [0.25, 0.3) is 0 Å². The van der Waals surface area contributed by atoms with Crippen molar-refractivity contribution < 1.29 is 27.5 Å². The molecule has 5 aliphatic rings.